The minimum Gasteiger partial charge on any atom is -0.395 e. The van der Waals surface area contributed by atoms with E-state index in [0.717, 1.165) is 15.9 Å². The molecule has 9 nitrogen and oxygen atoms in total. The van der Waals surface area contributed by atoms with Crippen LogP contribution in [0.5, 0.6) is 11.5 Å². The van der Waals surface area contributed by atoms with E-state index in [1.54, 1.807) is 24.3 Å². The summed E-state index contributed by atoms with van der Waals surface area (Å²) in [6.45, 7) is 0.0982. The average Bonchev–Trinajstić information content (AvgIpc) is 3.43. The number of fused-ring (bicyclic) bond motifs is 1. The standard InChI is InChI=1S/C24H21F2N3O6S2/c1-29(13-14-5-3-2-4-6-14)37(32,33)19-12-16(20(27)30)21(36-19)28-22(31)23(9-10-23)15-7-8-17-18(11-15)35-24(25,26)34-17/h2-8,11-12H,9-10,13H2,1H3,(H2,27,30)(H,28,31). The van der Waals surface area contributed by atoms with E-state index in [2.05, 4.69) is 14.8 Å². The summed E-state index contributed by atoms with van der Waals surface area (Å²) in [6.07, 6.45) is -2.96. The van der Waals surface area contributed by atoms with Crippen molar-refractivity contribution in [2.24, 2.45) is 5.73 Å². The Hall–Kier alpha value is -3.55. The van der Waals surface area contributed by atoms with Gasteiger partial charge in [0, 0.05) is 13.6 Å². The van der Waals surface area contributed by atoms with Crippen LogP contribution in [0.25, 0.3) is 0 Å². The van der Waals surface area contributed by atoms with E-state index in [1.165, 1.54) is 25.2 Å². The van der Waals surface area contributed by atoms with Gasteiger partial charge < -0.3 is 20.5 Å². The van der Waals surface area contributed by atoms with Gasteiger partial charge in [-0.25, -0.2) is 8.42 Å². The van der Waals surface area contributed by atoms with Crippen molar-refractivity contribution in [1.29, 1.82) is 0 Å². The summed E-state index contributed by atoms with van der Waals surface area (Å²) in [5.74, 6) is -1.77. The number of amides is 2. The Labute approximate surface area is 214 Å². The van der Waals surface area contributed by atoms with Crippen molar-refractivity contribution in [2.75, 3.05) is 12.4 Å². The number of thiophene rings is 1. The zero-order valence-corrected chi connectivity index (χ0v) is 21.0. The lowest BCUT2D eigenvalue weighted by Gasteiger charge is -2.16. The number of sulfonamides is 1. The molecule has 1 saturated carbocycles. The van der Waals surface area contributed by atoms with Crippen LogP contribution >= 0.6 is 11.3 Å². The van der Waals surface area contributed by atoms with Gasteiger partial charge in [-0.3, -0.25) is 9.59 Å². The minimum atomic E-state index is -4.01. The van der Waals surface area contributed by atoms with E-state index in [9.17, 15) is 26.8 Å². The fourth-order valence-electron chi connectivity index (χ4n) is 4.09. The first-order chi connectivity index (χ1) is 17.4. The molecule has 2 aromatic carbocycles. The molecule has 2 aliphatic rings. The number of nitrogens with two attached hydrogens (primary N) is 1. The molecule has 0 radical (unpaired) electrons. The molecule has 1 aliphatic heterocycles. The van der Waals surface area contributed by atoms with Crippen LogP contribution in [0.1, 0.15) is 34.3 Å². The van der Waals surface area contributed by atoms with Gasteiger partial charge in [0.15, 0.2) is 11.5 Å². The van der Waals surface area contributed by atoms with Crippen LogP contribution in [0, 0.1) is 0 Å². The molecule has 37 heavy (non-hydrogen) atoms. The first-order valence-corrected chi connectivity index (χ1v) is 13.3. The highest BCUT2D eigenvalue weighted by atomic mass is 32.2. The predicted molar refractivity (Wildman–Crippen MR) is 130 cm³/mol. The van der Waals surface area contributed by atoms with Gasteiger partial charge in [-0.1, -0.05) is 36.4 Å². The van der Waals surface area contributed by atoms with E-state index in [1.807, 2.05) is 6.07 Å². The van der Waals surface area contributed by atoms with Crippen LogP contribution in [-0.2, 0) is 26.8 Å². The van der Waals surface area contributed by atoms with Gasteiger partial charge in [-0.15, -0.1) is 20.1 Å². The van der Waals surface area contributed by atoms with Crippen LogP contribution in [0.4, 0.5) is 13.8 Å². The number of halogens is 2. The normalized spacial score (nSPS) is 17.0. The molecule has 0 saturated heterocycles. The molecule has 1 aromatic heterocycles. The molecule has 3 aromatic rings. The molecule has 194 valence electrons. The van der Waals surface area contributed by atoms with Gasteiger partial charge in [-0.05, 0) is 42.2 Å². The zero-order valence-electron chi connectivity index (χ0n) is 19.4. The number of primary amides is 1. The number of carbonyl (C=O) groups is 2. The molecule has 0 bridgehead atoms. The summed E-state index contributed by atoms with van der Waals surface area (Å²) in [5, 5.41) is 2.62. The number of ether oxygens (including phenoxy) is 2. The second-order valence-corrected chi connectivity index (χ2v) is 12.1. The molecule has 2 heterocycles. The van der Waals surface area contributed by atoms with Gasteiger partial charge in [-0.2, -0.15) is 4.31 Å². The van der Waals surface area contributed by atoms with Crippen molar-refractivity contribution in [3.05, 3.63) is 71.3 Å². The van der Waals surface area contributed by atoms with Crippen molar-refractivity contribution >= 4 is 38.2 Å². The number of hydrogen-bond acceptors (Lipinski definition) is 7. The molecule has 1 aliphatic carbocycles. The molecular formula is C24H21F2N3O6S2. The van der Waals surface area contributed by atoms with Crippen LogP contribution < -0.4 is 20.5 Å². The Bertz CT molecular complexity index is 1500. The SMILES string of the molecule is CN(Cc1ccccc1)S(=O)(=O)c1cc(C(N)=O)c(NC(=O)C2(c3ccc4c(c3)OC(F)(F)O4)CC2)s1. The Morgan fingerprint density at radius 1 is 1.08 bits per heavy atom. The fourth-order valence-corrected chi connectivity index (χ4v) is 6.83. The predicted octanol–water partition coefficient (Wildman–Crippen LogP) is 3.66. The van der Waals surface area contributed by atoms with Gasteiger partial charge in [0.05, 0.1) is 11.0 Å². The highest BCUT2D eigenvalue weighted by Crippen LogP contribution is 2.52. The van der Waals surface area contributed by atoms with Gasteiger partial charge in [0.1, 0.15) is 9.21 Å². The first-order valence-electron chi connectivity index (χ1n) is 11.1. The van der Waals surface area contributed by atoms with E-state index in [4.69, 9.17) is 5.73 Å². The van der Waals surface area contributed by atoms with E-state index >= 15 is 0 Å². The Balaban J connectivity index is 1.39. The lowest BCUT2D eigenvalue weighted by Crippen LogP contribution is -2.28. The highest BCUT2D eigenvalue weighted by Gasteiger charge is 2.53. The maximum atomic E-state index is 13.4. The van der Waals surface area contributed by atoms with Crippen LogP contribution in [0.2, 0.25) is 0 Å². The summed E-state index contributed by atoms with van der Waals surface area (Å²) in [6, 6.07) is 14.2. The highest BCUT2D eigenvalue weighted by molar-refractivity contribution is 7.91. The summed E-state index contributed by atoms with van der Waals surface area (Å²) in [4.78, 5) is 25.4. The monoisotopic (exact) mass is 549 g/mol. The van der Waals surface area contributed by atoms with Gasteiger partial charge >= 0.3 is 6.29 Å². The van der Waals surface area contributed by atoms with Crippen LogP contribution in [0.3, 0.4) is 0 Å². The molecule has 13 heteroatoms. The number of benzene rings is 2. The van der Waals surface area contributed by atoms with E-state index in [0.29, 0.717) is 29.7 Å². The third kappa shape index (κ3) is 4.65. The summed E-state index contributed by atoms with van der Waals surface area (Å²) in [7, 11) is -2.60. The molecule has 3 N–H and O–H groups in total. The largest absolute Gasteiger partial charge is 0.586 e. The maximum absolute atomic E-state index is 13.4. The fraction of sp³-hybridized carbons (Fsp3) is 0.250. The molecule has 0 unspecified atom stereocenters. The lowest BCUT2D eigenvalue weighted by atomic mass is 9.94. The average molecular weight is 550 g/mol. The molecule has 0 atom stereocenters. The first kappa shape index (κ1) is 25.1. The topological polar surface area (TPSA) is 128 Å². The number of carbonyl (C=O) groups excluding carboxylic acids is 2. The molecule has 2 amide bonds. The summed E-state index contributed by atoms with van der Waals surface area (Å²) in [5.41, 5.74) is 5.47. The van der Waals surface area contributed by atoms with Crippen LogP contribution in [0.15, 0.2) is 58.8 Å². The molecule has 1 fully saturated rings. The van der Waals surface area contributed by atoms with Crippen molar-refractivity contribution < 1.29 is 36.3 Å². The molecule has 0 spiro atoms. The summed E-state index contributed by atoms with van der Waals surface area (Å²) < 4.78 is 63.1. The van der Waals surface area contributed by atoms with Crippen molar-refractivity contribution in [1.82, 2.24) is 4.31 Å². The van der Waals surface area contributed by atoms with E-state index < -0.39 is 33.5 Å². The maximum Gasteiger partial charge on any atom is 0.586 e. The van der Waals surface area contributed by atoms with Crippen molar-refractivity contribution in [3.63, 3.8) is 0 Å². The minimum absolute atomic E-state index is 0.0114. The van der Waals surface area contributed by atoms with Gasteiger partial charge in [0.25, 0.3) is 15.9 Å². The second-order valence-electron chi connectivity index (χ2n) is 8.78. The molecular weight excluding hydrogens is 528 g/mol. The number of alkyl halides is 2. The Kier molecular flexibility index (Phi) is 5.96. The third-order valence-corrected chi connectivity index (χ3v) is 9.56. The van der Waals surface area contributed by atoms with Crippen LogP contribution in [-0.4, -0.2) is 37.9 Å². The number of nitrogens with one attached hydrogen (secondary N) is 1. The number of rotatable bonds is 8. The smallest absolute Gasteiger partial charge is 0.395 e. The lowest BCUT2D eigenvalue weighted by molar-refractivity contribution is -0.286. The number of anilines is 1. The molecule has 5 rings (SSSR count). The second kappa shape index (κ2) is 8.78. The number of hydrogen-bond donors (Lipinski definition) is 2. The Morgan fingerprint density at radius 2 is 1.76 bits per heavy atom. The quantitative estimate of drug-likeness (QED) is 0.442. The number of nitrogens with zero attached hydrogens (tertiary/aromatic N) is 1. The Morgan fingerprint density at radius 3 is 2.41 bits per heavy atom. The van der Waals surface area contributed by atoms with Crippen molar-refractivity contribution in [2.45, 2.75) is 35.3 Å². The van der Waals surface area contributed by atoms with E-state index in [-0.39, 0.29) is 32.8 Å². The van der Waals surface area contributed by atoms with Crippen molar-refractivity contribution in [3.8, 4) is 11.5 Å². The third-order valence-electron chi connectivity index (χ3n) is 6.25. The van der Waals surface area contributed by atoms with Gasteiger partial charge in [0.2, 0.25) is 5.91 Å². The zero-order chi connectivity index (χ0) is 26.6. The summed E-state index contributed by atoms with van der Waals surface area (Å²) >= 11 is 0.715.